The molecular weight excluding hydrogens is 432 g/mol. The fourth-order valence-electron chi connectivity index (χ4n) is 3.69. The first-order valence-corrected chi connectivity index (χ1v) is 12.2. The van der Waals surface area contributed by atoms with Gasteiger partial charge in [-0.15, -0.1) is 0 Å². The van der Waals surface area contributed by atoms with Crippen molar-refractivity contribution in [2.45, 2.75) is 71.0 Å². The molecule has 0 aliphatic heterocycles. The van der Waals surface area contributed by atoms with Crippen molar-refractivity contribution in [3.63, 3.8) is 0 Å². The number of carbonyl (C=O) groups excluding carboxylic acids is 1. The Morgan fingerprint density at radius 1 is 1.12 bits per heavy atom. The number of hydrazone groups is 1. The monoisotopic (exact) mass is 466 g/mol. The summed E-state index contributed by atoms with van der Waals surface area (Å²) in [6.07, 6.45) is 1.63. The second kappa shape index (κ2) is 9.59. The number of rotatable bonds is 6. The van der Waals surface area contributed by atoms with Crippen LogP contribution in [0.15, 0.2) is 46.7 Å². The second-order valence-corrected chi connectivity index (χ2v) is 11.1. The molecule has 176 valence electrons. The first kappa shape index (κ1) is 24.8. The summed E-state index contributed by atoms with van der Waals surface area (Å²) in [5, 5.41) is 15.8. The molecule has 0 atom stereocenters. The summed E-state index contributed by atoms with van der Waals surface area (Å²) in [7, 11) is 0. The third-order valence-electron chi connectivity index (χ3n) is 5.42. The van der Waals surface area contributed by atoms with E-state index >= 15 is 0 Å². The standard InChI is InChI=1S/C26H34N4O2S/c1-8-30-21-12-10-9-11-20(21)28-24(30)33-16-22(31)29-27-15-17-13-18(25(2,3)4)23(32)19(14-17)26(5,6)7/h9-15,32H,8,16H2,1-7H3,(H,29,31)/b27-15-. The van der Waals surface area contributed by atoms with Gasteiger partial charge in [-0.3, -0.25) is 4.79 Å². The smallest absolute Gasteiger partial charge is 0.250 e. The zero-order valence-electron chi connectivity index (χ0n) is 20.6. The fourth-order valence-corrected chi connectivity index (χ4v) is 4.56. The van der Waals surface area contributed by atoms with Crippen LogP contribution in [-0.4, -0.2) is 32.5 Å². The van der Waals surface area contributed by atoms with Crippen LogP contribution >= 0.6 is 11.8 Å². The highest BCUT2D eigenvalue weighted by molar-refractivity contribution is 7.99. The summed E-state index contributed by atoms with van der Waals surface area (Å²) in [5.41, 5.74) is 6.71. The summed E-state index contributed by atoms with van der Waals surface area (Å²) in [5.74, 6) is 0.347. The molecule has 0 saturated heterocycles. The normalized spacial score (nSPS) is 12.6. The lowest BCUT2D eigenvalue weighted by Gasteiger charge is -2.27. The minimum atomic E-state index is -0.224. The highest BCUT2D eigenvalue weighted by Gasteiger charge is 2.26. The average Bonchev–Trinajstić information content (AvgIpc) is 3.09. The van der Waals surface area contributed by atoms with Crippen LogP contribution in [0.25, 0.3) is 11.0 Å². The number of benzene rings is 2. The number of amides is 1. The number of aromatic nitrogens is 2. The number of thioether (sulfide) groups is 1. The van der Waals surface area contributed by atoms with Crippen molar-refractivity contribution in [3.8, 4) is 5.75 Å². The van der Waals surface area contributed by atoms with Crippen molar-refractivity contribution in [1.29, 1.82) is 0 Å². The van der Waals surface area contributed by atoms with Crippen molar-refractivity contribution in [2.24, 2.45) is 5.10 Å². The topological polar surface area (TPSA) is 79.5 Å². The van der Waals surface area contributed by atoms with Crippen LogP contribution in [0.1, 0.15) is 65.2 Å². The average molecular weight is 467 g/mol. The minimum Gasteiger partial charge on any atom is -0.507 e. The van der Waals surface area contributed by atoms with Crippen molar-refractivity contribution in [2.75, 3.05) is 5.75 Å². The van der Waals surface area contributed by atoms with Crippen LogP contribution in [0.5, 0.6) is 5.75 Å². The van der Waals surface area contributed by atoms with Gasteiger partial charge < -0.3 is 9.67 Å². The summed E-state index contributed by atoms with van der Waals surface area (Å²) in [6, 6.07) is 11.8. The number of hydrogen-bond acceptors (Lipinski definition) is 5. The van der Waals surface area contributed by atoms with Crippen LogP contribution in [0.3, 0.4) is 0 Å². The van der Waals surface area contributed by atoms with Gasteiger partial charge in [-0.05, 0) is 47.6 Å². The summed E-state index contributed by atoms with van der Waals surface area (Å²) in [6.45, 7) is 15.3. The first-order chi connectivity index (χ1) is 15.4. The molecule has 7 heteroatoms. The van der Waals surface area contributed by atoms with E-state index in [4.69, 9.17) is 0 Å². The highest BCUT2D eigenvalue weighted by atomic mass is 32.2. The van der Waals surface area contributed by atoms with Gasteiger partial charge in [0.2, 0.25) is 0 Å². The molecular formula is C26H34N4O2S. The molecule has 2 aromatic carbocycles. The van der Waals surface area contributed by atoms with Gasteiger partial charge in [0, 0.05) is 17.7 Å². The lowest BCUT2D eigenvalue weighted by Crippen LogP contribution is -2.20. The van der Waals surface area contributed by atoms with E-state index in [1.807, 2.05) is 36.4 Å². The number of fused-ring (bicyclic) bond motifs is 1. The van der Waals surface area contributed by atoms with Gasteiger partial charge in [0.25, 0.3) is 5.91 Å². The molecule has 33 heavy (non-hydrogen) atoms. The molecule has 0 unspecified atom stereocenters. The molecule has 0 aliphatic carbocycles. The van der Waals surface area contributed by atoms with Crippen molar-refractivity contribution in [1.82, 2.24) is 15.0 Å². The van der Waals surface area contributed by atoms with Crippen LogP contribution < -0.4 is 5.43 Å². The highest BCUT2D eigenvalue weighted by Crippen LogP contribution is 2.39. The molecule has 1 amide bonds. The Labute approximate surface area is 200 Å². The molecule has 0 radical (unpaired) electrons. The number of aromatic hydroxyl groups is 1. The van der Waals surface area contributed by atoms with Crippen molar-refractivity contribution < 1.29 is 9.90 Å². The maximum absolute atomic E-state index is 12.4. The Bertz CT molecular complexity index is 1150. The van der Waals surface area contributed by atoms with E-state index in [-0.39, 0.29) is 22.5 Å². The number of aryl methyl sites for hydroxylation is 1. The van der Waals surface area contributed by atoms with Gasteiger partial charge in [-0.1, -0.05) is 65.4 Å². The van der Waals surface area contributed by atoms with Gasteiger partial charge in [0.15, 0.2) is 5.16 Å². The van der Waals surface area contributed by atoms with Gasteiger partial charge >= 0.3 is 0 Å². The Morgan fingerprint density at radius 3 is 2.30 bits per heavy atom. The third kappa shape index (κ3) is 5.77. The lowest BCUT2D eigenvalue weighted by molar-refractivity contribution is -0.118. The number of carbonyl (C=O) groups is 1. The summed E-state index contributed by atoms with van der Waals surface area (Å²) >= 11 is 1.40. The van der Waals surface area contributed by atoms with Gasteiger partial charge in [-0.25, -0.2) is 10.4 Å². The first-order valence-electron chi connectivity index (χ1n) is 11.2. The van der Waals surface area contributed by atoms with Crippen LogP contribution in [0.2, 0.25) is 0 Å². The van der Waals surface area contributed by atoms with Crippen LogP contribution in [0.4, 0.5) is 0 Å². The predicted molar refractivity (Wildman–Crippen MR) is 137 cm³/mol. The van der Waals surface area contributed by atoms with E-state index in [0.717, 1.165) is 39.4 Å². The number of para-hydroxylation sites is 2. The SMILES string of the molecule is CCn1c(SCC(=O)N/N=C\c2cc(C(C)(C)C)c(O)c(C(C)(C)C)c2)nc2ccccc21. The van der Waals surface area contributed by atoms with Gasteiger partial charge in [0.1, 0.15) is 5.75 Å². The third-order valence-corrected chi connectivity index (χ3v) is 6.40. The molecule has 3 aromatic rings. The fraction of sp³-hybridized carbons (Fsp3) is 0.423. The quantitative estimate of drug-likeness (QED) is 0.282. The Morgan fingerprint density at radius 2 is 1.73 bits per heavy atom. The molecule has 2 N–H and O–H groups in total. The molecule has 1 heterocycles. The zero-order valence-corrected chi connectivity index (χ0v) is 21.4. The van der Waals surface area contributed by atoms with Crippen LogP contribution in [0, 0.1) is 0 Å². The number of nitrogens with one attached hydrogen (secondary N) is 1. The molecule has 0 spiro atoms. The molecule has 0 bridgehead atoms. The molecule has 0 fully saturated rings. The number of phenols is 1. The van der Waals surface area contributed by atoms with Gasteiger partial charge in [-0.2, -0.15) is 5.10 Å². The minimum absolute atomic E-state index is 0.197. The Kier molecular flexibility index (Phi) is 7.22. The molecule has 3 rings (SSSR count). The molecule has 0 saturated carbocycles. The van der Waals surface area contributed by atoms with E-state index in [9.17, 15) is 9.90 Å². The lowest BCUT2D eigenvalue weighted by atomic mass is 9.78. The molecule has 1 aromatic heterocycles. The summed E-state index contributed by atoms with van der Waals surface area (Å²) in [4.78, 5) is 17.0. The van der Waals surface area contributed by atoms with E-state index < -0.39 is 0 Å². The number of phenolic OH excluding ortho intramolecular Hbond substituents is 1. The zero-order chi connectivity index (χ0) is 24.4. The van der Waals surface area contributed by atoms with Crippen LogP contribution in [-0.2, 0) is 22.2 Å². The maximum Gasteiger partial charge on any atom is 0.250 e. The predicted octanol–water partition coefficient (Wildman–Crippen LogP) is 5.60. The van der Waals surface area contributed by atoms with Crippen molar-refractivity contribution >= 4 is 34.9 Å². The van der Waals surface area contributed by atoms with E-state index in [2.05, 4.69) is 68.5 Å². The van der Waals surface area contributed by atoms with E-state index in [0.29, 0.717) is 5.75 Å². The Balaban J connectivity index is 1.72. The summed E-state index contributed by atoms with van der Waals surface area (Å²) < 4.78 is 2.11. The maximum atomic E-state index is 12.4. The second-order valence-electron chi connectivity index (χ2n) is 10.2. The largest absolute Gasteiger partial charge is 0.507 e. The van der Waals surface area contributed by atoms with Crippen molar-refractivity contribution in [3.05, 3.63) is 53.1 Å². The number of hydrogen-bond donors (Lipinski definition) is 2. The molecule has 6 nitrogen and oxygen atoms in total. The van der Waals surface area contributed by atoms with Gasteiger partial charge in [0.05, 0.1) is 23.0 Å². The van der Waals surface area contributed by atoms with E-state index in [1.54, 1.807) is 6.21 Å². The van der Waals surface area contributed by atoms with E-state index in [1.165, 1.54) is 11.8 Å². The number of nitrogens with zero attached hydrogens (tertiary/aromatic N) is 3. The Hall–Kier alpha value is -2.80. The number of imidazole rings is 1. The molecule has 0 aliphatic rings.